The molecule has 0 atom stereocenters. The molecule has 0 radical (unpaired) electrons. The predicted molar refractivity (Wildman–Crippen MR) is 174 cm³/mol. The number of aromatic nitrogens is 1. The van der Waals surface area contributed by atoms with Crippen molar-refractivity contribution in [3.05, 3.63) is 162 Å². The van der Waals surface area contributed by atoms with Crippen LogP contribution in [0.1, 0.15) is 5.56 Å². The molecule has 7 rings (SSSR count). The van der Waals surface area contributed by atoms with Gasteiger partial charge in [0.25, 0.3) is 0 Å². The summed E-state index contributed by atoms with van der Waals surface area (Å²) >= 11 is 0. The summed E-state index contributed by atoms with van der Waals surface area (Å²) in [7, 11) is 0. The molecule has 0 aliphatic rings. The van der Waals surface area contributed by atoms with Gasteiger partial charge in [-0.1, -0.05) is 66.7 Å². The smallest absolute Gasteiger partial charge is 0.189 e. The van der Waals surface area contributed by atoms with E-state index >= 15 is 0 Å². The second-order valence-corrected chi connectivity index (χ2v) is 10.4. The van der Waals surface area contributed by atoms with Crippen LogP contribution in [-0.2, 0) is 0 Å². The molecule has 1 heterocycles. The quantitative estimate of drug-likeness (QED) is 0.202. The van der Waals surface area contributed by atoms with Crippen LogP contribution in [0.3, 0.4) is 0 Å². The van der Waals surface area contributed by atoms with Crippen LogP contribution in [0.25, 0.3) is 70.6 Å². The number of fused-ring (bicyclic) bond motifs is 3. The van der Waals surface area contributed by atoms with Gasteiger partial charge in [0.1, 0.15) is 0 Å². The fraction of sp³-hybridized carbons (Fsp3) is 0. The molecule has 4 heteroatoms. The average Bonchev–Trinajstić information content (AvgIpc) is 3.41. The Morgan fingerprint density at radius 3 is 1.60 bits per heavy atom. The van der Waals surface area contributed by atoms with Gasteiger partial charge >= 0.3 is 0 Å². The summed E-state index contributed by atoms with van der Waals surface area (Å²) in [4.78, 5) is 7.49. The van der Waals surface area contributed by atoms with Crippen molar-refractivity contribution in [3.63, 3.8) is 0 Å². The maximum atomic E-state index is 9.60. The lowest BCUT2D eigenvalue weighted by molar-refractivity contribution is 1.18. The van der Waals surface area contributed by atoms with E-state index in [1.54, 1.807) is 0 Å². The molecule has 0 unspecified atom stereocenters. The first-order chi connectivity index (χ1) is 21.1. The molecular formula is C39H22N4. The van der Waals surface area contributed by atoms with Crippen LogP contribution >= 0.6 is 0 Å². The van der Waals surface area contributed by atoms with Crippen LogP contribution in [0.4, 0.5) is 11.4 Å². The van der Waals surface area contributed by atoms with Crippen molar-refractivity contribution >= 4 is 33.2 Å². The van der Waals surface area contributed by atoms with E-state index in [9.17, 15) is 5.26 Å². The van der Waals surface area contributed by atoms with Gasteiger partial charge in [-0.2, -0.15) is 5.26 Å². The predicted octanol–water partition coefficient (Wildman–Crippen LogP) is 10.8. The highest BCUT2D eigenvalue weighted by Gasteiger charge is 2.16. The molecule has 0 saturated heterocycles. The van der Waals surface area contributed by atoms with E-state index in [1.165, 1.54) is 0 Å². The van der Waals surface area contributed by atoms with Gasteiger partial charge in [-0.05, 0) is 105 Å². The van der Waals surface area contributed by atoms with E-state index in [4.69, 9.17) is 13.1 Å². The molecule has 43 heavy (non-hydrogen) atoms. The number of benzene rings is 6. The monoisotopic (exact) mass is 546 g/mol. The number of nitriles is 1. The van der Waals surface area contributed by atoms with E-state index in [0.717, 1.165) is 60.9 Å². The Morgan fingerprint density at radius 2 is 1.02 bits per heavy atom. The molecule has 1 aromatic heterocycles. The molecule has 0 amide bonds. The van der Waals surface area contributed by atoms with Crippen molar-refractivity contribution in [1.29, 1.82) is 5.26 Å². The number of rotatable bonds is 4. The molecule has 0 fully saturated rings. The van der Waals surface area contributed by atoms with Crippen LogP contribution in [0.15, 0.2) is 133 Å². The molecule has 0 bridgehead atoms. The molecule has 0 N–H and O–H groups in total. The van der Waals surface area contributed by atoms with E-state index in [2.05, 4.69) is 68.9 Å². The van der Waals surface area contributed by atoms with E-state index in [0.29, 0.717) is 16.9 Å². The topological polar surface area (TPSA) is 37.4 Å². The zero-order valence-electron chi connectivity index (χ0n) is 23.0. The van der Waals surface area contributed by atoms with E-state index in [-0.39, 0.29) is 0 Å². The first kappa shape index (κ1) is 25.6. The summed E-state index contributed by atoms with van der Waals surface area (Å²) in [5.41, 5.74) is 10.7. The maximum absolute atomic E-state index is 9.60. The molecule has 0 spiro atoms. The first-order valence-corrected chi connectivity index (χ1v) is 13.8. The van der Waals surface area contributed by atoms with Gasteiger partial charge in [0.15, 0.2) is 11.4 Å². The van der Waals surface area contributed by atoms with Crippen molar-refractivity contribution in [2.45, 2.75) is 0 Å². The lowest BCUT2D eigenvalue weighted by Crippen LogP contribution is -1.95. The third-order valence-electron chi connectivity index (χ3n) is 7.78. The van der Waals surface area contributed by atoms with Gasteiger partial charge in [0.05, 0.1) is 35.8 Å². The third-order valence-corrected chi connectivity index (χ3v) is 7.78. The Morgan fingerprint density at radius 1 is 0.488 bits per heavy atom. The Kier molecular flexibility index (Phi) is 6.26. The second-order valence-electron chi connectivity index (χ2n) is 10.4. The minimum atomic E-state index is 0.528. The Labute approximate surface area is 249 Å². The third kappa shape index (κ3) is 4.58. The van der Waals surface area contributed by atoms with Crippen LogP contribution in [-0.4, -0.2) is 4.57 Å². The van der Waals surface area contributed by atoms with Gasteiger partial charge in [-0.3, -0.25) is 0 Å². The Hall–Kier alpha value is -6.41. The average molecular weight is 547 g/mol. The lowest BCUT2D eigenvalue weighted by Gasteiger charge is -2.14. The minimum absolute atomic E-state index is 0.528. The Bertz CT molecular complexity index is 2180. The minimum Gasteiger partial charge on any atom is -0.311 e. The van der Waals surface area contributed by atoms with Gasteiger partial charge in [-0.25, -0.2) is 9.69 Å². The van der Waals surface area contributed by atoms with Crippen LogP contribution in [0, 0.1) is 24.5 Å². The van der Waals surface area contributed by atoms with Crippen molar-refractivity contribution in [3.8, 4) is 45.1 Å². The fourth-order valence-corrected chi connectivity index (χ4v) is 5.77. The standard InChI is InChI=1S/C39H22N4/c1-41-33-14-16-39-37(24-33)36-17-26(25-40)13-15-38(36)43(39)35-22-32(21-34(23-35)42-2)31-19-29(27-9-5-3-6-10-27)18-30(20-31)28-11-7-4-8-12-28/h3-24H. The highest BCUT2D eigenvalue weighted by atomic mass is 15.0. The molecule has 0 saturated carbocycles. The summed E-state index contributed by atoms with van der Waals surface area (Å²) < 4.78 is 2.12. The number of hydrogen-bond donors (Lipinski definition) is 0. The van der Waals surface area contributed by atoms with Gasteiger partial charge < -0.3 is 4.57 Å². The highest BCUT2D eigenvalue weighted by molar-refractivity contribution is 6.11. The molecule has 7 aromatic rings. The van der Waals surface area contributed by atoms with Crippen molar-refractivity contribution in [1.82, 2.24) is 4.57 Å². The zero-order chi connectivity index (χ0) is 29.3. The van der Waals surface area contributed by atoms with Crippen LogP contribution in [0.5, 0.6) is 0 Å². The second kappa shape index (κ2) is 10.5. The molecule has 0 aliphatic heterocycles. The molecule has 0 aliphatic carbocycles. The van der Waals surface area contributed by atoms with Gasteiger partial charge in [0, 0.05) is 11.1 Å². The van der Waals surface area contributed by atoms with Gasteiger partial charge in [0.2, 0.25) is 0 Å². The van der Waals surface area contributed by atoms with Crippen molar-refractivity contribution in [2.24, 2.45) is 0 Å². The summed E-state index contributed by atoms with van der Waals surface area (Å²) in [6, 6.07) is 46.7. The number of hydrogen-bond acceptors (Lipinski definition) is 1. The lowest BCUT2D eigenvalue weighted by atomic mass is 9.93. The largest absolute Gasteiger partial charge is 0.311 e. The van der Waals surface area contributed by atoms with Crippen molar-refractivity contribution in [2.75, 3.05) is 0 Å². The highest BCUT2D eigenvalue weighted by Crippen LogP contribution is 2.39. The van der Waals surface area contributed by atoms with Crippen LogP contribution in [0.2, 0.25) is 0 Å². The molecular weight excluding hydrogens is 524 g/mol. The zero-order valence-corrected chi connectivity index (χ0v) is 23.0. The normalized spacial score (nSPS) is 10.7. The SMILES string of the molecule is [C-]#[N+]c1cc(-c2cc(-c3ccccc3)cc(-c3ccccc3)c2)cc(-n2c3ccc(C#N)cc3c3cc([N+]#[C-])ccc32)c1. The first-order valence-electron chi connectivity index (χ1n) is 13.8. The maximum Gasteiger partial charge on any atom is 0.189 e. The van der Waals surface area contributed by atoms with Crippen molar-refractivity contribution < 1.29 is 0 Å². The van der Waals surface area contributed by atoms with E-state index < -0.39 is 0 Å². The summed E-state index contributed by atoms with van der Waals surface area (Å²) in [5, 5.41) is 11.4. The summed E-state index contributed by atoms with van der Waals surface area (Å²) in [6.07, 6.45) is 0. The summed E-state index contributed by atoms with van der Waals surface area (Å²) in [6.45, 7) is 15.5. The van der Waals surface area contributed by atoms with E-state index in [1.807, 2.05) is 84.9 Å². The van der Waals surface area contributed by atoms with Crippen LogP contribution < -0.4 is 0 Å². The summed E-state index contributed by atoms with van der Waals surface area (Å²) in [5.74, 6) is 0. The molecule has 198 valence electrons. The fourth-order valence-electron chi connectivity index (χ4n) is 5.77. The molecule has 6 aromatic carbocycles. The number of nitrogens with zero attached hydrogens (tertiary/aromatic N) is 4. The van der Waals surface area contributed by atoms with Gasteiger partial charge in [-0.15, -0.1) is 0 Å². The Balaban J connectivity index is 1.50. The molecule has 4 nitrogen and oxygen atoms in total.